The van der Waals surface area contributed by atoms with Gasteiger partial charge < -0.3 is 30.7 Å². The van der Waals surface area contributed by atoms with Crippen molar-refractivity contribution >= 4 is 5.91 Å². The summed E-state index contributed by atoms with van der Waals surface area (Å²) in [6.45, 7) is 8.93. The van der Waals surface area contributed by atoms with Gasteiger partial charge in [0.25, 0.3) is 0 Å². The number of nitrogens with two attached hydrogens (primary N) is 1. The second-order valence-corrected chi connectivity index (χ2v) is 9.74. The van der Waals surface area contributed by atoms with Crippen molar-refractivity contribution < 1.29 is 24.5 Å². The van der Waals surface area contributed by atoms with Gasteiger partial charge in [-0.05, 0) is 57.3 Å². The van der Waals surface area contributed by atoms with Gasteiger partial charge in [-0.3, -0.25) is 4.79 Å². The van der Waals surface area contributed by atoms with E-state index in [1.165, 1.54) is 0 Å². The van der Waals surface area contributed by atoms with Crippen LogP contribution in [0.4, 0.5) is 0 Å². The number of ether oxygens (including phenoxy) is 2. The molecule has 0 aromatic rings. The van der Waals surface area contributed by atoms with Crippen LogP contribution >= 0.6 is 0 Å². The van der Waals surface area contributed by atoms with Crippen LogP contribution < -0.4 is 11.1 Å². The van der Waals surface area contributed by atoms with Gasteiger partial charge in [0.05, 0.1) is 24.4 Å². The minimum Gasteiger partial charge on any atom is -0.389 e. The largest absolute Gasteiger partial charge is 0.389 e. The first-order valence-electron chi connectivity index (χ1n) is 12.5. The number of amides is 1. The highest BCUT2D eigenvalue weighted by Crippen LogP contribution is 2.30. The third kappa shape index (κ3) is 7.67. The van der Waals surface area contributed by atoms with Crippen molar-refractivity contribution in [2.45, 2.75) is 122 Å². The van der Waals surface area contributed by atoms with Gasteiger partial charge in [-0.15, -0.1) is 0 Å². The molecule has 2 heterocycles. The van der Waals surface area contributed by atoms with E-state index in [0.29, 0.717) is 12.5 Å². The lowest BCUT2D eigenvalue weighted by Gasteiger charge is -2.42. The summed E-state index contributed by atoms with van der Waals surface area (Å²) in [5.74, 6) is 1.17. The van der Waals surface area contributed by atoms with E-state index in [0.717, 1.165) is 57.8 Å². The summed E-state index contributed by atoms with van der Waals surface area (Å²) in [5.41, 5.74) is 5.99. The fraction of sp³-hybridized carbons (Fsp3) is 0.958. The van der Waals surface area contributed by atoms with E-state index in [1.807, 2.05) is 0 Å². The first-order chi connectivity index (χ1) is 14.8. The maximum Gasteiger partial charge on any atom is 0.223 e. The molecule has 9 atom stereocenters. The predicted octanol–water partition coefficient (Wildman–Crippen LogP) is 2.71. The van der Waals surface area contributed by atoms with Gasteiger partial charge in [-0.2, -0.15) is 0 Å². The average molecular weight is 443 g/mol. The van der Waals surface area contributed by atoms with Crippen molar-refractivity contribution in [1.82, 2.24) is 5.32 Å². The highest BCUT2D eigenvalue weighted by molar-refractivity contribution is 5.78. The van der Waals surface area contributed by atoms with Crippen molar-refractivity contribution in [3.05, 3.63) is 0 Å². The molecular formula is C24H46N2O5. The summed E-state index contributed by atoms with van der Waals surface area (Å²) >= 11 is 0. The highest BCUT2D eigenvalue weighted by atomic mass is 16.7. The molecule has 5 N–H and O–H groups in total. The minimum atomic E-state index is -1.06. The molecule has 0 bridgehead atoms. The Bertz CT molecular complexity index is 534. The molecule has 0 aliphatic carbocycles. The third-order valence-corrected chi connectivity index (χ3v) is 7.44. The van der Waals surface area contributed by atoms with E-state index in [2.05, 4.69) is 26.1 Å². The van der Waals surface area contributed by atoms with E-state index in [9.17, 15) is 15.0 Å². The van der Waals surface area contributed by atoms with Crippen LogP contribution in [0.5, 0.6) is 0 Å². The van der Waals surface area contributed by atoms with Crippen molar-refractivity contribution in [3.8, 4) is 0 Å². The van der Waals surface area contributed by atoms with E-state index in [1.54, 1.807) is 6.92 Å². The normalized spacial score (nSPS) is 41.9. The maximum atomic E-state index is 12.5. The van der Waals surface area contributed by atoms with Crippen LogP contribution in [0.25, 0.3) is 0 Å². The smallest absolute Gasteiger partial charge is 0.223 e. The van der Waals surface area contributed by atoms with Gasteiger partial charge in [0.2, 0.25) is 5.91 Å². The predicted molar refractivity (Wildman–Crippen MR) is 121 cm³/mol. The van der Waals surface area contributed by atoms with E-state index >= 15 is 0 Å². The molecule has 2 fully saturated rings. The Hall–Kier alpha value is -0.730. The number of hydrogen-bond acceptors (Lipinski definition) is 6. The summed E-state index contributed by atoms with van der Waals surface area (Å²) in [5, 5.41) is 23.7. The molecule has 2 rings (SSSR count). The molecule has 0 saturated carbocycles. The van der Waals surface area contributed by atoms with Crippen LogP contribution in [0.2, 0.25) is 0 Å². The molecule has 2 aliphatic rings. The summed E-state index contributed by atoms with van der Waals surface area (Å²) in [4.78, 5) is 12.5. The lowest BCUT2D eigenvalue weighted by atomic mass is 9.86. The fourth-order valence-electron chi connectivity index (χ4n) is 4.93. The lowest BCUT2D eigenvalue weighted by Crippen LogP contribution is -2.61. The zero-order valence-corrected chi connectivity index (χ0v) is 20.0. The average Bonchev–Trinajstić information content (AvgIpc) is 2.76. The van der Waals surface area contributed by atoms with Gasteiger partial charge >= 0.3 is 0 Å². The van der Waals surface area contributed by atoms with Crippen LogP contribution in [0.15, 0.2) is 0 Å². The summed E-state index contributed by atoms with van der Waals surface area (Å²) in [7, 11) is 0. The van der Waals surface area contributed by atoms with E-state index in [4.69, 9.17) is 15.2 Å². The van der Waals surface area contributed by atoms with Crippen LogP contribution in [0.3, 0.4) is 0 Å². The lowest BCUT2D eigenvalue weighted by molar-refractivity contribution is -0.286. The van der Waals surface area contributed by atoms with Crippen molar-refractivity contribution in [2.75, 3.05) is 6.54 Å². The number of carbonyl (C=O) groups is 1. The Balaban J connectivity index is 2.05. The second kappa shape index (κ2) is 13.1. The third-order valence-electron chi connectivity index (χ3n) is 7.44. The number of hydrogen-bond donors (Lipinski definition) is 4. The summed E-state index contributed by atoms with van der Waals surface area (Å²) in [6, 6.07) is -0.785. The fourth-order valence-corrected chi connectivity index (χ4v) is 4.93. The molecule has 7 heteroatoms. The van der Waals surface area contributed by atoms with E-state index < -0.39 is 30.6 Å². The molecular weight excluding hydrogens is 396 g/mol. The molecule has 0 spiro atoms. The first kappa shape index (κ1) is 26.5. The number of rotatable bonds is 4. The van der Waals surface area contributed by atoms with Gasteiger partial charge in [-0.1, -0.05) is 40.0 Å². The molecule has 2 saturated heterocycles. The maximum absolute atomic E-state index is 12.5. The number of aliphatic hydroxyl groups excluding tert-OH is 2. The number of nitrogens with one attached hydrogen (secondary N) is 1. The second-order valence-electron chi connectivity index (χ2n) is 9.74. The molecule has 182 valence electrons. The Kier molecular flexibility index (Phi) is 11.2. The molecule has 31 heavy (non-hydrogen) atoms. The summed E-state index contributed by atoms with van der Waals surface area (Å²) in [6.07, 6.45) is 5.59. The quantitative estimate of drug-likeness (QED) is 0.532. The molecule has 0 unspecified atom stereocenters. The van der Waals surface area contributed by atoms with Gasteiger partial charge in [0.1, 0.15) is 6.10 Å². The Morgan fingerprint density at radius 3 is 2.45 bits per heavy atom. The van der Waals surface area contributed by atoms with Crippen molar-refractivity contribution in [2.24, 2.45) is 23.5 Å². The summed E-state index contributed by atoms with van der Waals surface area (Å²) < 4.78 is 12.1. The monoisotopic (exact) mass is 442 g/mol. The molecule has 1 amide bonds. The van der Waals surface area contributed by atoms with Crippen LogP contribution in [-0.4, -0.2) is 59.4 Å². The zero-order chi connectivity index (χ0) is 23.0. The SMILES string of the molecule is CC[C@@H]1CCC[C@@H](CC)C(=O)NCCC[C@H](C)[C@H](O[C@H]2O[C@H](C)[C@@H](O)[C@H](N)[C@H]2O)CC1. The Morgan fingerprint density at radius 1 is 1.03 bits per heavy atom. The topological polar surface area (TPSA) is 114 Å². The minimum absolute atomic E-state index is 0.0645. The molecule has 2 aliphatic heterocycles. The van der Waals surface area contributed by atoms with Gasteiger partial charge in [0, 0.05) is 12.5 Å². The van der Waals surface area contributed by atoms with Crippen LogP contribution in [0.1, 0.15) is 85.5 Å². The molecule has 0 radical (unpaired) electrons. The van der Waals surface area contributed by atoms with Crippen LogP contribution in [-0.2, 0) is 14.3 Å². The van der Waals surface area contributed by atoms with Gasteiger partial charge in [-0.25, -0.2) is 0 Å². The zero-order valence-electron chi connectivity index (χ0n) is 20.0. The Morgan fingerprint density at radius 2 is 1.77 bits per heavy atom. The standard InChI is InChI=1S/C24H46N2O5/c1-5-17-10-7-11-18(6-2)23(29)26-14-8-9-15(3)19(13-12-17)31-24-22(28)20(25)21(27)16(4)30-24/h15-22,24,27-28H,5-14,25H2,1-4H3,(H,26,29)/t15-,16+,17+,18+,19+,20-,21+,22+,24+/m0/s1. The van der Waals surface area contributed by atoms with E-state index in [-0.39, 0.29) is 23.8 Å². The molecule has 0 aromatic carbocycles. The van der Waals surface area contributed by atoms with Crippen molar-refractivity contribution in [3.63, 3.8) is 0 Å². The highest BCUT2D eigenvalue weighted by Gasteiger charge is 2.42. The van der Waals surface area contributed by atoms with Crippen LogP contribution in [0, 0.1) is 17.8 Å². The number of aliphatic hydroxyl groups is 2. The molecule has 0 aromatic heterocycles. The van der Waals surface area contributed by atoms with Crippen molar-refractivity contribution in [1.29, 1.82) is 0 Å². The first-order valence-corrected chi connectivity index (χ1v) is 12.5. The number of carbonyl (C=O) groups excluding carboxylic acids is 1. The Labute approximate surface area is 188 Å². The van der Waals surface area contributed by atoms with Gasteiger partial charge in [0.15, 0.2) is 6.29 Å². The molecule has 7 nitrogen and oxygen atoms in total.